The zero-order valence-electron chi connectivity index (χ0n) is 9.89. The first-order chi connectivity index (χ1) is 7.79. The molecule has 1 N–H and O–H groups in total. The van der Waals surface area contributed by atoms with Gasteiger partial charge in [0.15, 0.2) is 5.82 Å². The molecule has 0 saturated heterocycles. The monoisotopic (exact) mass is 241 g/mol. The van der Waals surface area contributed by atoms with Crippen LogP contribution in [0, 0.1) is 5.92 Å². The number of tetrazole rings is 1. The van der Waals surface area contributed by atoms with Crippen molar-refractivity contribution in [2.45, 2.75) is 38.9 Å². The maximum absolute atomic E-state index is 4.06. The van der Waals surface area contributed by atoms with E-state index in [1.165, 1.54) is 12.8 Å². The molecule has 0 radical (unpaired) electrons. The molecule has 0 amide bonds. The summed E-state index contributed by atoms with van der Waals surface area (Å²) < 4.78 is 1.93. The molecule has 0 aliphatic heterocycles. The number of aromatic nitrogens is 4. The van der Waals surface area contributed by atoms with Crippen LogP contribution in [0.15, 0.2) is 0 Å². The summed E-state index contributed by atoms with van der Waals surface area (Å²) in [6, 6.07) is 0.703. The molecule has 16 heavy (non-hydrogen) atoms. The van der Waals surface area contributed by atoms with Gasteiger partial charge < -0.3 is 5.32 Å². The van der Waals surface area contributed by atoms with Crippen molar-refractivity contribution in [2.24, 2.45) is 5.92 Å². The second kappa shape index (κ2) is 5.63. The molecular weight excluding hydrogens is 222 g/mol. The van der Waals surface area contributed by atoms with Crippen LogP contribution in [0.5, 0.6) is 0 Å². The Kier molecular flexibility index (Phi) is 4.17. The van der Waals surface area contributed by atoms with Gasteiger partial charge in [0, 0.05) is 12.6 Å². The molecule has 5 nitrogen and oxygen atoms in total. The van der Waals surface area contributed by atoms with Gasteiger partial charge in [-0.2, -0.15) is 11.8 Å². The lowest BCUT2D eigenvalue weighted by molar-refractivity contribution is 0.456. The Morgan fingerprint density at radius 3 is 3.06 bits per heavy atom. The highest BCUT2D eigenvalue weighted by Crippen LogP contribution is 2.19. The molecule has 6 heteroatoms. The number of hydrogen-bond acceptors (Lipinski definition) is 5. The summed E-state index contributed by atoms with van der Waals surface area (Å²) >= 11 is 1.87. The fourth-order valence-electron chi connectivity index (χ4n) is 1.65. The van der Waals surface area contributed by atoms with E-state index in [-0.39, 0.29) is 0 Å². The maximum Gasteiger partial charge on any atom is 0.165 e. The predicted molar refractivity (Wildman–Crippen MR) is 65.2 cm³/mol. The minimum absolute atomic E-state index is 0.609. The fraction of sp³-hybridized carbons (Fsp3) is 0.900. The van der Waals surface area contributed by atoms with Gasteiger partial charge in [0.2, 0.25) is 0 Å². The van der Waals surface area contributed by atoms with Gasteiger partial charge in [0.25, 0.3) is 0 Å². The fourth-order valence-corrected chi connectivity index (χ4v) is 2.32. The zero-order valence-corrected chi connectivity index (χ0v) is 10.7. The van der Waals surface area contributed by atoms with Crippen molar-refractivity contribution >= 4 is 11.8 Å². The first-order valence-electron chi connectivity index (χ1n) is 5.77. The number of nitrogens with one attached hydrogen (secondary N) is 1. The summed E-state index contributed by atoms with van der Waals surface area (Å²) in [6.45, 7) is 3.94. The van der Waals surface area contributed by atoms with E-state index in [2.05, 4.69) is 34.0 Å². The SMILES string of the molecule is CSCC(C)Cn1nnnc1CNC1CC1. The molecule has 1 aliphatic carbocycles. The second-order valence-electron chi connectivity index (χ2n) is 4.49. The third-order valence-electron chi connectivity index (χ3n) is 2.67. The summed E-state index contributed by atoms with van der Waals surface area (Å²) in [5, 5.41) is 15.3. The van der Waals surface area contributed by atoms with E-state index in [0.29, 0.717) is 12.0 Å². The van der Waals surface area contributed by atoms with Crippen molar-refractivity contribution in [2.75, 3.05) is 12.0 Å². The van der Waals surface area contributed by atoms with E-state index in [9.17, 15) is 0 Å². The lowest BCUT2D eigenvalue weighted by atomic mass is 10.2. The van der Waals surface area contributed by atoms with Crippen molar-refractivity contribution in [3.8, 4) is 0 Å². The quantitative estimate of drug-likeness (QED) is 0.769. The van der Waals surface area contributed by atoms with Gasteiger partial charge in [-0.3, -0.25) is 0 Å². The smallest absolute Gasteiger partial charge is 0.165 e. The molecule has 1 aromatic heterocycles. The Bertz CT molecular complexity index is 323. The van der Waals surface area contributed by atoms with Crippen molar-refractivity contribution in [3.05, 3.63) is 5.82 Å². The van der Waals surface area contributed by atoms with Crippen LogP contribution in [-0.2, 0) is 13.1 Å². The predicted octanol–water partition coefficient (Wildman–Crippen LogP) is 0.924. The number of thioether (sulfide) groups is 1. The Morgan fingerprint density at radius 2 is 2.38 bits per heavy atom. The standard InChI is InChI=1S/C10H19N5S/c1-8(7-16-2)6-15-10(12-13-14-15)5-11-9-3-4-9/h8-9,11H,3-7H2,1-2H3. The van der Waals surface area contributed by atoms with E-state index in [4.69, 9.17) is 0 Å². The average Bonchev–Trinajstić information content (AvgIpc) is 2.98. The van der Waals surface area contributed by atoms with Crippen molar-refractivity contribution in [3.63, 3.8) is 0 Å². The van der Waals surface area contributed by atoms with Crippen LogP contribution < -0.4 is 5.32 Å². The highest BCUT2D eigenvalue weighted by atomic mass is 32.2. The lowest BCUT2D eigenvalue weighted by Gasteiger charge is -2.10. The van der Waals surface area contributed by atoms with Gasteiger partial charge in [0.05, 0.1) is 6.54 Å². The van der Waals surface area contributed by atoms with E-state index < -0.39 is 0 Å². The summed E-state index contributed by atoms with van der Waals surface area (Å²) in [6.07, 6.45) is 4.72. The topological polar surface area (TPSA) is 55.6 Å². The second-order valence-corrected chi connectivity index (χ2v) is 5.40. The van der Waals surface area contributed by atoms with Gasteiger partial charge in [-0.1, -0.05) is 6.92 Å². The molecular formula is C10H19N5S. The average molecular weight is 241 g/mol. The molecule has 1 aromatic rings. The molecule has 1 heterocycles. The van der Waals surface area contributed by atoms with E-state index >= 15 is 0 Å². The van der Waals surface area contributed by atoms with E-state index in [1.807, 2.05) is 16.4 Å². The minimum atomic E-state index is 0.609. The van der Waals surface area contributed by atoms with Crippen LogP contribution in [0.1, 0.15) is 25.6 Å². The van der Waals surface area contributed by atoms with Crippen LogP contribution in [0.3, 0.4) is 0 Å². The van der Waals surface area contributed by atoms with Gasteiger partial charge in [-0.25, -0.2) is 4.68 Å². The molecule has 2 rings (SSSR count). The Morgan fingerprint density at radius 1 is 1.56 bits per heavy atom. The van der Waals surface area contributed by atoms with E-state index in [0.717, 1.165) is 24.7 Å². The number of nitrogens with zero attached hydrogens (tertiary/aromatic N) is 4. The van der Waals surface area contributed by atoms with Crippen LogP contribution in [0.25, 0.3) is 0 Å². The lowest BCUT2D eigenvalue weighted by Crippen LogP contribution is -2.21. The molecule has 0 bridgehead atoms. The van der Waals surface area contributed by atoms with Gasteiger partial charge >= 0.3 is 0 Å². The van der Waals surface area contributed by atoms with Crippen LogP contribution in [0.4, 0.5) is 0 Å². The molecule has 90 valence electrons. The van der Waals surface area contributed by atoms with Crippen molar-refractivity contribution < 1.29 is 0 Å². The van der Waals surface area contributed by atoms with E-state index in [1.54, 1.807) is 0 Å². The largest absolute Gasteiger partial charge is 0.307 e. The Hall–Kier alpha value is -0.620. The van der Waals surface area contributed by atoms with Crippen LogP contribution >= 0.6 is 11.8 Å². The van der Waals surface area contributed by atoms with Gasteiger partial charge in [-0.05, 0) is 41.2 Å². The Labute approximate surface area is 100 Å². The molecule has 1 saturated carbocycles. The number of rotatable bonds is 7. The molecule has 1 fully saturated rings. The molecule has 1 atom stereocenters. The maximum atomic E-state index is 4.06. The molecule has 0 spiro atoms. The van der Waals surface area contributed by atoms with Crippen LogP contribution in [-0.4, -0.2) is 38.3 Å². The molecule has 1 aliphatic rings. The van der Waals surface area contributed by atoms with Crippen molar-refractivity contribution in [1.82, 2.24) is 25.5 Å². The normalized spacial score (nSPS) is 17.6. The minimum Gasteiger partial charge on any atom is -0.307 e. The summed E-state index contributed by atoms with van der Waals surface area (Å²) in [5.74, 6) is 2.72. The highest BCUT2D eigenvalue weighted by molar-refractivity contribution is 7.98. The summed E-state index contributed by atoms with van der Waals surface area (Å²) in [7, 11) is 0. The molecule has 0 aromatic carbocycles. The summed E-state index contributed by atoms with van der Waals surface area (Å²) in [4.78, 5) is 0. The third-order valence-corrected chi connectivity index (χ3v) is 3.57. The zero-order chi connectivity index (χ0) is 11.4. The first-order valence-corrected chi connectivity index (χ1v) is 7.16. The first kappa shape index (κ1) is 11.9. The van der Waals surface area contributed by atoms with Crippen LogP contribution in [0.2, 0.25) is 0 Å². The summed E-state index contributed by atoms with van der Waals surface area (Å²) in [5.41, 5.74) is 0. The van der Waals surface area contributed by atoms with Crippen molar-refractivity contribution in [1.29, 1.82) is 0 Å². The number of hydrogen-bond donors (Lipinski definition) is 1. The van der Waals surface area contributed by atoms with Gasteiger partial charge in [0.1, 0.15) is 0 Å². The highest BCUT2D eigenvalue weighted by Gasteiger charge is 2.21. The third kappa shape index (κ3) is 3.45. The molecule has 1 unspecified atom stereocenters. The van der Waals surface area contributed by atoms with Gasteiger partial charge in [-0.15, -0.1) is 5.10 Å². The Balaban J connectivity index is 1.84.